The zero-order valence-corrected chi connectivity index (χ0v) is 11.1. The Morgan fingerprint density at radius 1 is 1.47 bits per heavy atom. The van der Waals surface area contributed by atoms with Gasteiger partial charge in [-0.25, -0.2) is 0 Å². The Morgan fingerprint density at radius 3 is 2.82 bits per heavy atom. The minimum atomic E-state index is -0.257. The Bertz CT molecular complexity index is 393. The Hall–Kier alpha value is -0.890. The minimum absolute atomic E-state index is 0.257. The fourth-order valence-corrected chi connectivity index (χ4v) is 2.21. The molecule has 1 aromatic carbocycles. The molecule has 2 rings (SSSR count). The van der Waals surface area contributed by atoms with E-state index >= 15 is 0 Å². The molecule has 0 bridgehead atoms. The largest absolute Gasteiger partial charge is 0.377 e. The smallest absolute Gasteiger partial charge is 0.121 e. The summed E-state index contributed by atoms with van der Waals surface area (Å²) in [6, 6.07) is 9.84. The van der Waals surface area contributed by atoms with Crippen LogP contribution < -0.4 is 5.32 Å². The molecule has 3 nitrogen and oxygen atoms in total. The van der Waals surface area contributed by atoms with Crippen LogP contribution in [-0.2, 0) is 4.74 Å². The maximum absolute atomic E-state index is 9.16. The number of hydrogen-bond acceptors (Lipinski definition) is 3. The third-order valence-corrected chi connectivity index (χ3v) is 3.43. The summed E-state index contributed by atoms with van der Waals surface area (Å²) >= 11 is 3.39. The third-order valence-electron chi connectivity index (χ3n) is 2.91. The molecule has 0 aromatic heterocycles. The molecule has 4 heteroatoms. The van der Waals surface area contributed by atoms with Crippen molar-refractivity contribution in [1.29, 1.82) is 5.26 Å². The van der Waals surface area contributed by atoms with E-state index in [4.69, 9.17) is 10.00 Å². The maximum Gasteiger partial charge on any atom is 0.121 e. The first-order valence-electron chi connectivity index (χ1n) is 5.79. The summed E-state index contributed by atoms with van der Waals surface area (Å²) in [6.45, 7) is 1.59. The summed E-state index contributed by atoms with van der Waals surface area (Å²) < 4.78 is 6.55. The number of rotatable bonds is 4. The molecule has 90 valence electrons. The Balaban J connectivity index is 1.92. The van der Waals surface area contributed by atoms with Crippen LogP contribution in [0.3, 0.4) is 0 Å². The molecule has 0 radical (unpaired) electrons. The van der Waals surface area contributed by atoms with Gasteiger partial charge in [0.15, 0.2) is 0 Å². The van der Waals surface area contributed by atoms with Crippen LogP contribution in [-0.4, -0.2) is 19.3 Å². The van der Waals surface area contributed by atoms with Crippen molar-refractivity contribution in [3.8, 4) is 6.07 Å². The molecule has 2 unspecified atom stereocenters. The van der Waals surface area contributed by atoms with E-state index in [1.807, 2.05) is 24.3 Å². The van der Waals surface area contributed by atoms with Gasteiger partial charge in [0.05, 0.1) is 12.2 Å². The number of hydrogen-bond donors (Lipinski definition) is 1. The summed E-state index contributed by atoms with van der Waals surface area (Å²) in [5, 5.41) is 12.4. The van der Waals surface area contributed by atoms with Gasteiger partial charge in [-0.15, -0.1) is 0 Å². The van der Waals surface area contributed by atoms with Crippen molar-refractivity contribution in [3.63, 3.8) is 0 Å². The zero-order chi connectivity index (χ0) is 12.1. The van der Waals surface area contributed by atoms with Crippen LogP contribution in [0.4, 0.5) is 0 Å². The quantitative estimate of drug-likeness (QED) is 0.929. The minimum Gasteiger partial charge on any atom is -0.377 e. The van der Waals surface area contributed by atoms with Crippen LogP contribution in [0.15, 0.2) is 28.7 Å². The number of halogens is 1. The lowest BCUT2D eigenvalue weighted by Crippen LogP contribution is -2.29. The molecule has 1 N–H and O–H groups in total. The Kier molecular flexibility index (Phi) is 4.55. The predicted molar refractivity (Wildman–Crippen MR) is 69.5 cm³/mol. The lowest BCUT2D eigenvalue weighted by molar-refractivity contribution is 0.109. The van der Waals surface area contributed by atoms with Crippen molar-refractivity contribution in [3.05, 3.63) is 34.3 Å². The van der Waals surface area contributed by atoms with Crippen LogP contribution in [0.1, 0.15) is 24.4 Å². The van der Waals surface area contributed by atoms with Crippen molar-refractivity contribution in [2.45, 2.75) is 25.0 Å². The molecule has 0 aliphatic carbocycles. The van der Waals surface area contributed by atoms with Gasteiger partial charge in [-0.1, -0.05) is 28.1 Å². The molecule has 1 aromatic rings. The number of nitrogens with zero attached hydrogens (tertiary/aromatic N) is 1. The molecule has 1 fully saturated rings. The number of nitrogens with one attached hydrogen (secondary N) is 1. The molecule has 2 atom stereocenters. The van der Waals surface area contributed by atoms with Gasteiger partial charge in [-0.05, 0) is 30.5 Å². The highest BCUT2D eigenvalue weighted by molar-refractivity contribution is 9.10. The van der Waals surface area contributed by atoms with Crippen molar-refractivity contribution in [1.82, 2.24) is 5.32 Å². The van der Waals surface area contributed by atoms with Gasteiger partial charge in [0, 0.05) is 17.6 Å². The monoisotopic (exact) mass is 294 g/mol. The van der Waals surface area contributed by atoms with Gasteiger partial charge < -0.3 is 4.74 Å². The number of nitriles is 1. The highest BCUT2D eigenvalue weighted by atomic mass is 79.9. The third kappa shape index (κ3) is 3.53. The predicted octanol–water partition coefficient (Wildman–Crippen LogP) is 2.78. The van der Waals surface area contributed by atoms with Crippen molar-refractivity contribution in [2.24, 2.45) is 0 Å². The normalized spacial score (nSPS) is 21.1. The summed E-state index contributed by atoms with van der Waals surface area (Å²) in [4.78, 5) is 0. The molecule has 1 aliphatic rings. The average molecular weight is 295 g/mol. The van der Waals surface area contributed by atoms with E-state index in [1.165, 1.54) is 0 Å². The Morgan fingerprint density at radius 2 is 2.24 bits per heavy atom. The second-order valence-electron chi connectivity index (χ2n) is 4.16. The maximum atomic E-state index is 9.16. The molecule has 1 saturated heterocycles. The standard InChI is InChI=1S/C13H15BrN2O/c14-11-5-3-10(4-6-11)13(8-15)16-9-12-2-1-7-17-12/h3-6,12-13,16H,1-2,7,9H2. The highest BCUT2D eigenvalue weighted by Gasteiger charge is 2.17. The SMILES string of the molecule is N#CC(NCC1CCCO1)c1ccc(Br)cc1. The van der Waals surface area contributed by atoms with E-state index < -0.39 is 0 Å². The summed E-state index contributed by atoms with van der Waals surface area (Å²) in [5.74, 6) is 0. The van der Waals surface area contributed by atoms with E-state index in [2.05, 4.69) is 27.3 Å². The first-order chi connectivity index (χ1) is 8.29. The fourth-order valence-electron chi connectivity index (χ4n) is 1.95. The number of ether oxygens (including phenoxy) is 1. The molecule has 0 spiro atoms. The van der Waals surface area contributed by atoms with Gasteiger partial charge in [-0.2, -0.15) is 5.26 Å². The highest BCUT2D eigenvalue weighted by Crippen LogP contribution is 2.17. The Labute approximate surface area is 110 Å². The molecule has 0 saturated carbocycles. The number of benzene rings is 1. The van der Waals surface area contributed by atoms with Crippen LogP contribution in [0.25, 0.3) is 0 Å². The molecule has 0 amide bonds. The van der Waals surface area contributed by atoms with E-state index in [-0.39, 0.29) is 12.1 Å². The van der Waals surface area contributed by atoms with Crippen LogP contribution in [0.2, 0.25) is 0 Å². The average Bonchev–Trinajstić information content (AvgIpc) is 2.85. The van der Waals surface area contributed by atoms with Gasteiger partial charge in [0.2, 0.25) is 0 Å². The van der Waals surface area contributed by atoms with Crippen LogP contribution >= 0.6 is 15.9 Å². The van der Waals surface area contributed by atoms with E-state index in [9.17, 15) is 0 Å². The molecule has 1 heterocycles. The van der Waals surface area contributed by atoms with Crippen molar-refractivity contribution in [2.75, 3.05) is 13.2 Å². The van der Waals surface area contributed by atoms with Crippen molar-refractivity contribution < 1.29 is 4.74 Å². The summed E-state index contributed by atoms with van der Waals surface area (Å²) in [6.07, 6.45) is 2.48. The van der Waals surface area contributed by atoms with Crippen LogP contribution in [0, 0.1) is 11.3 Å². The molecular weight excluding hydrogens is 280 g/mol. The van der Waals surface area contributed by atoms with Gasteiger partial charge >= 0.3 is 0 Å². The van der Waals surface area contributed by atoms with Gasteiger partial charge in [-0.3, -0.25) is 5.32 Å². The van der Waals surface area contributed by atoms with Crippen LogP contribution in [0.5, 0.6) is 0 Å². The topological polar surface area (TPSA) is 45.0 Å². The lowest BCUT2D eigenvalue weighted by Gasteiger charge is -2.15. The van der Waals surface area contributed by atoms with Gasteiger partial charge in [0.25, 0.3) is 0 Å². The second kappa shape index (κ2) is 6.15. The first-order valence-corrected chi connectivity index (χ1v) is 6.59. The molecular formula is C13H15BrN2O. The summed E-state index contributed by atoms with van der Waals surface area (Å²) in [7, 11) is 0. The van der Waals surface area contributed by atoms with Gasteiger partial charge in [0.1, 0.15) is 6.04 Å². The van der Waals surface area contributed by atoms with E-state index in [1.54, 1.807) is 0 Å². The van der Waals surface area contributed by atoms with E-state index in [0.29, 0.717) is 0 Å². The first kappa shape index (κ1) is 12.6. The zero-order valence-electron chi connectivity index (χ0n) is 9.53. The fraction of sp³-hybridized carbons (Fsp3) is 0.462. The van der Waals surface area contributed by atoms with E-state index in [0.717, 1.165) is 36.0 Å². The second-order valence-corrected chi connectivity index (χ2v) is 5.07. The summed E-state index contributed by atoms with van der Waals surface area (Å²) in [5.41, 5.74) is 0.994. The molecule has 1 aliphatic heterocycles. The lowest BCUT2D eigenvalue weighted by atomic mass is 10.1. The van der Waals surface area contributed by atoms with Crippen molar-refractivity contribution >= 4 is 15.9 Å². The molecule has 17 heavy (non-hydrogen) atoms.